The SMILES string of the molecule is CC(C)(C)OC(=O)N1CCN(C(=O)Cc2ccc(-n3nc(C(C)(C)C)cc3NC(=O)Nc3ccc(Oc4ccncc4)cc3)cc2)CC1. The van der Waals surface area contributed by atoms with E-state index in [1.807, 2.05) is 51.1 Å². The van der Waals surface area contributed by atoms with E-state index in [4.69, 9.17) is 14.6 Å². The lowest BCUT2D eigenvalue weighted by Gasteiger charge is -2.35. The van der Waals surface area contributed by atoms with E-state index in [0.717, 1.165) is 16.9 Å². The van der Waals surface area contributed by atoms with Gasteiger partial charge in [0.2, 0.25) is 5.91 Å². The number of aromatic nitrogens is 3. The van der Waals surface area contributed by atoms with Crippen LogP contribution in [0.15, 0.2) is 79.1 Å². The minimum Gasteiger partial charge on any atom is -0.457 e. The number of nitrogens with zero attached hydrogens (tertiary/aromatic N) is 5. The molecule has 5 rings (SSSR count). The van der Waals surface area contributed by atoms with Crippen molar-refractivity contribution in [2.24, 2.45) is 0 Å². The van der Waals surface area contributed by atoms with Crippen LogP contribution in [0.3, 0.4) is 0 Å². The van der Waals surface area contributed by atoms with Crippen LogP contribution in [-0.4, -0.2) is 74.4 Å². The second kappa shape index (κ2) is 14.2. The summed E-state index contributed by atoms with van der Waals surface area (Å²) in [5, 5.41) is 10.6. The summed E-state index contributed by atoms with van der Waals surface area (Å²) in [6.07, 6.45) is 3.19. The maximum atomic E-state index is 13.1. The van der Waals surface area contributed by atoms with Gasteiger partial charge in [0.05, 0.1) is 17.8 Å². The van der Waals surface area contributed by atoms with Gasteiger partial charge in [0.25, 0.3) is 0 Å². The monoisotopic (exact) mass is 653 g/mol. The average Bonchev–Trinajstić information content (AvgIpc) is 3.46. The Bertz CT molecular complexity index is 1720. The van der Waals surface area contributed by atoms with Crippen LogP contribution in [-0.2, 0) is 21.4 Å². The van der Waals surface area contributed by atoms with Gasteiger partial charge < -0.3 is 24.6 Å². The van der Waals surface area contributed by atoms with Gasteiger partial charge in [0, 0.05) is 55.7 Å². The zero-order valence-electron chi connectivity index (χ0n) is 28.3. The molecule has 1 fully saturated rings. The standard InChI is InChI=1S/C36H43N7O5/c1-35(2,3)30-24-31(39-33(45)38-26-9-13-28(14-10-26)47-29-15-17-37-18-16-29)43(40-30)27-11-7-25(8-12-27)23-32(44)41-19-21-42(22-20-41)34(46)48-36(4,5)6/h7-18,24H,19-23H2,1-6H3,(H2,38,39,45). The molecule has 4 aromatic rings. The molecule has 12 nitrogen and oxygen atoms in total. The van der Waals surface area contributed by atoms with Crippen LogP contribution in [0.1, 0.15) is 52.8 Å². The first-order valence-corrected chi connectivity index (χ1v) is 15.9. The van der Waals surface area contributed by atoms with E-state index < -0.39 is 11.6 Å². The smallest absolute Gasteiger partial charge is 0.410 e. The molecule has 0 aliphatic carbocycles. The molecular formula is C36H43N7O5. The van der Waals surface area contributed by atoms with Crippen molar-refractivity contribution >= 4 is 29.5 Å². The Hall–Kier alpha value is -5.39. The number of amides is 4. The summed E-state index contributed by atoms with van der Waals surface area (Å²) >= 11 is 0. The molecule has 12 heteroatoms. The summed E-state index contributed by atoms with van der Waals surface area (Å²) in [5.41, 5.74) is 2.17. The first-order valence-electron chi connectivity index (χ1n) is 15.9. The average molecular weight is 654 g/mol. The summed E-state index contributed by atoms with van der Waals surface area (Å²) in [6.45, 7) is 13.5. The van der Waals surface area contributed by atoms with Gasteiger partial charge in [-0.05, 0) is 74.9 Å². The second-order valence-electron chi connectivity index (χ2n) is 13.7. The molecule has 2 N–H and O–H groups in total. The summed E-state index contributed by atoms with van der Waals surface area (Å²) in [4.78, 5) is 45.9. The molecule has 1 saturated heterocycles. The second-order valence-corrected chi connectivity index (χ2v) is 13.7. The van der Waals surface area contributed by atoms with E-state index in [1.165, 1.54) is 0 Å². The van der Waals surface area contributed by atoms with Crippen molar-refractivity contribution in [2.75, 3.05) is 36.8 Å². The first-order chi connectivity index (χ1) is 22.7. The van der Waals surface area contributed by atoms with Crippen molar-refractivity contribution in [3.05, 3.63) is 90.4 Å². The molecule has 4 amide bonds. The number of anilines is 2. The molecule has 0 bridgehead atoms. The highest BCUT2D eigenvalue weighted by atomic mass is 16.6. The maximum Gasteiger partial charge on any atom is 0.410 e. The molecular weight excluding hydrogens is 610 g/mol. The van der Waals surface area contributed by atoms with Crippen LogP contribution < -0.4 is 15.4 Å². The van der Waals surface area contributed by atoms with Crippen molar-refractivity contribution in [2.45, 2.75) is 59.0 Å². The topological polar surface area (TPSA) is 131 Å². The number of rotatable bonds is 7. The third kappa shape index (κ3) is 9.11. The molecule has 252 valence electrons. The van der Waals surface area contributed by atoms with E-state index in [0.29, 0.717) is 49.2 Å². The predicted molar refractivity (Wildman–Crippen MR) is 184 cm³/mol. The van der Waals surface area contributed by atoms with Crippen molar-refractivity contribution < 1.29 is 23.9 Å². The van der Waals surface area contributed by atoms with Crippen LogP contribution in [0.5, 0.6) is 11.5 Å². The highest BCUT2D eigenvalue weighted by Gasteiger charge is 2.28. The Labute approximate surface area is 281 Å². The van der Waals surface area contributed by atoms with E-state index in [-0.39, 0.29) is 23.8 Å². The van der Waals surface area contributed by atoms with Crippen molar-refractivity contribution in [1.29, 1.82) is 0 Å². The maximum absolute atomic E-state index is 13.1. The number of carbonyl (C=O) groups excluding carboxylic acids is 3. The molecule has 0 saturated carbocycles. The molecule has 0 radical (unpaired) electrons. The molecule has 48 heavy (non-hydrogen) atoms. The van der Waals surface area contributed by atoms with E-state index in [1.54, 1.807) is 63.3 Å². The number of hydrogen-bond donors (Lipinski definition) is 2. The first kappa shape index (κ1) is 34.0. The van der Waals surface area contributed by atoms with E-state index in [2.05, 4.69) is 36.4 Å². The Morgan fingerprint density at radius 2 is 1.38 bits per heavy atom. The Morgan fingerprint density at radius 3 is 1.98 bits per heavy atom. The molecule has 0 spiro atoms. The normalized spacial score (nSPS) is 13.5. The van der Waals surface area contributed by atoms with Crippen molar-refractivity contribution in [1.82, 2.24) is 24.6 Å². The Morgan fingerprint density at radius 1 is 0.771 bits per heavy atom. The Balaban J connectivity index is 1.20. The van der Waals surface area contributed by atoms with E-state index in [9.17, 15) is 14.4 Å². The van der Waals surface area contributed by atoms with E-state index >= 15 is 0 Å². The number of carbonyl (C=O) groups is 3. The van der Waals surface area contributed by atoms with Gasteiger partial charge in [-0.3, -0.25) is 15.1 Å². The van der Waals surface area contributed by atoms with Crippen LogP contribution in [0.4, 0.5) is 21.1 Å². The van der Waals surface area contributed by atoms with Crippen molar-refractivity contribution in [3.63, 3.8) is 0 Å². The third-order valence-corrected chi connectivity index (χ3v) is 7.54. The number of nitrogens with one attached hydrogen (secondary N) is 2. The van der Waals surface area contributed by atoms with Crippen LogP contribution in [0.25, 0.3) is 5.69 Å². The minimum atomic E-state index is -0.561. The number of hydrogen-bond acceptors (Lipinski definition) is 7. The number of benzene rings is 2. The summed E-state index contributed by atoms with van der Waals surface area (Å²) in [5.74, 6) is 1.80. The number of urea groups is 1. The summed E-state index contributed by atoms with van der Waals surface area (Å²) < 4.78 is 12.9. The van der Waals surface area contributed by atoms with Crippen LogP contribution >= 0.6 is 0 Å². The van der Waals surface area contributed by atoms with Gasteiger partial charge >= 0.3 is 12.1 Å². The zero-order chi connectivity index (χ0) is 34.5. The van der Waals surface area contributed by atoms with Gasteiger partial charge in [-0.2, -0.15) is 5.10 Å². The number of piperazine rings is 1. The Kier molecular flexibility index (Phi) is 10.0. The lowest BCUT2D eigenvalue weighted by atomic mass is 9.92. The predicted octanol–water partition coefficient (Wildman–Crippen LogP) is 6.62. The van der Waals surface area contributed by atoms with Crippen LogP contribution in [0, 0.1) is 0 Å². The van der Waals surface area contributed by atoms with Gasteiger partial charge in [-0.25, -0.2) is 14.3 Å². The van der Waals surface area contributed by atoms with Gasteiger partial charge in [0.15, 0.2) is 0 Å². The summed E-state index contributed by atoms with van der Waals surface area (Å²) in [7, 11) is 0. The van der Waals surface area contributed by atoms with Gasteiger partial charge in [-0.1, -0.05) is 32.9 Å². The number of pyridine rings is 1. The molecule has 1 aliphatic heterocycles. The lowest BCUT2D eigenvalue weighted by Crippen LogP contribution is -2.51. The number of ether oxygens (including phenoxy) is 2. The highest BCUT2D eigenvalue weighted by molar-refractivity contribution is 5.99. The third-order valence-electron chi connectivity index (χ3n) is 7.54. The van der Waals surface area contributed by atoms with Gasteiger partial charge in [0.1, 0.15) is 22.9 Å². The van der Waals surface area contributed by atoms with Gasteiger partial charge in [-0.15, -0.1) is 0 Å². The molecule has 2 aromatic carbocycles. The van der Waals surface area contributed by atoms with Crippen LogP contribution in [0.2, 0.25) is 0 Å². The molecule has 0 atom stereocenters. The largest absolute Gasteiger partial charge is 0.457 e. The highest BCUT2D eigenvalue weighted by Crippen LogP contribution is 2.27. The summed E-state index contributed by atoms with van der Waals surface area (Å²) in [6, 6.07) is 19.6. The van der Waals surface area contributed by atoms with Crippen molar-refractivity contribution in [3.8, 4) is 17.2 Å². The molecule has 0 unspecified atom stereocenters. The zero-order valence-corrected chi connectivity index (χ0v) is 28.3. The molecule has 1 aliphatic rings. The lowest BCUT2D eigenvalue weighted by molar-refractivity contribution is -0.132. The quantitative estimate of drug-likeness (QED) is 0.229. The fraction of sp³-hybridized carbons (Fsp3) is 0.361. The molecule has 3 heterocycles. The molecule has 2 aromatic heterocycles. The fourth-order valence-corrected chi connectivity index (χ4v) is 4.97. The minimum absolute atomic E-state index is 0.00307. The fourth-order valence-electron chi connectivity index (χ4n) is 4.97.